The fourth-order valence-corrected chi connectivity index (χ4v) is 2.13. The van der Waals surface area contributed by atoms with Crippen molar-refractivity contribution in [3.63, 3.8) is 0 Å². The average molecular weight is 533 g/mol. The molecule has 0 aromatic heterocycles. The summed E-state index contributed by atoms with van der Waals surface area (Å²) in [7, 11) is 7.35. The van der Waals surface area contributed by atoms with Crippen molar-refractivity contribution in [1.82, 2.24) is 4.90 Å². The molecule has 0 spiro atoms. The highest BCUT2D eigenvalue weighted by Crippen LogP contribution is 2.06. The maximum absolute atomic E-state index is 11.5. The summed E-state index contributed by atoms with van der Waals surface area (Å²) in [6.07, 6.45) is 6.54. The first kappa shape index (κ1) is 32.5. The van der Waals surface area contributed by atoms with E-state index in [1.807, 2.05) is 19.0 Å². The van der Waals surface area contributed by atoms with E-state index in [-0.39, 0.29) is 55.6 Å². The molecule has 1 N–H and O–H groups in total. The van der Waals surface area contributed by atoms with Crippen molar-refractivity contribution >= 4 is 35.9 Å². The van der Waals surface area contributed by atoms with Gasteiger partial charge in [0.05, 0.1) is 26.7 Å². The number of aliphatic hydroxyl groups excluding tert-OH is 1. The zero-order valence-corrected chi connectivity index (χ0v) is 20.6. The molecule has 0 atom stereocenters. The molecule has 0 saturated heterocycles. The summed E-state index contributed by atoms with van der Waals surface area (Å²) in [5.41, 5.74) is 0. The highest BCUT2D eigenvalue weighted by molar-refractivity contribution is 14.0. The van der Waals surface area contributed by atoms with Gasteiger partial charge in [0.15, 0.2) is 0 Å². The van der Waals surface area contributed by atoms with E-state index in [0.717, 1.165) is 38.6 Å². The van der Waals surface area contributed by atoms with Gasteiger partial charge >= 0.3 is 5.97 Å². The van der Waals surface area contributed by atoms with Crippen molar-refractivity contribution in [3.05, 3.63) is 0 Å². The summed E-state index contributed by atoms with van der Waals surface area (Å²) < 4.78 is 9.88. The lowest BCUT2D eigenvalue weighted by Crippen LogP contribution is -2.50. The number of aliphatic carboxylic acids is 1. The van der Waals surface area contributed by atoms with Gasteiger partial charge in [0.1, 0.15) is 26.3 Å². The minimum atomic E-state index is -1.11. The summed E-state index contributed by atoms with van der Waals surface area (Å²) in [6, 6.07) is 0. The Morgan fingerprint density at radius 3 is 2.21 bits per heavy atom. The third-order valence-electron chi connectivity index (χ3n) is 3.76. The van der Waals surface area contributed by atoms with Gasteiger partial charge in [-0.15, -0.1) is 24.0 Å². The molecule has 0 heterocycles. The summed E-state index contributed by atoms with van der Waals surface area (Å²) in [5.74, 6) is -1.36. The SMILES string of the molecule is CN(C)CCO.C[N+](C)(CCOC(=O)CCCCCCCOC#N)CC(=O)[O-].I.[HH]. The number of hydrogen-bond acceptors (Lipinski definition) is 8. The Bertz CT molecular complexity index is 462. The molecule has 0 aromatic carbocycles. The number of carboxylic acid groups (broad SMARTS) is 1. The molecule has 29 heavy (non-hydrogen) atoms. The third kappa shape index (κ3) is 29.1. The molecule has 0 fully saturated rings. The van der Waals surface area contributed by atoms with Gasteiger partial charge in [-0.25, -0.2) is 0 Å². The first-order chi connectivity index (χ1) is 13.1. The van der Waals surface area contributed by atoms with Crippen LogP contribution in [0.2, 0.25) is 0 Å². The van der Waals surface area contributed by atoms with E-state index in [2.05, 4.69) is 4.74 Å². The standard InChI is InChI=1S/C15H26N2O5.C4H11NO.HI.H2/c1-17(2,12-14(18)19)9-11-22-15(20)8-6-4-3-5-7-10-21-13-16;1-5(2)3-4-6;;/h3-12H2,1-2H3;6H,3-4H2,1-2H3;2*1H. The highest BCUT2D eigenvalue weighted by Gasteiger charge is 2.16. The Balaban J connectivity index is -0.000000368. The number of hydrogen-bond donors (Lipinski definition) is 1. The molecule has 0 aromatic rings. The fourth-order valence-electron chi connectivity index (χ4n) is 2.13. The fraction of sp³-hybridized carbons (Fsp3) is 0.842. The monoisotopic (exact) mass is 533 g/mol. The van der Waals surface area contributed by atoms with Crippen molar-refractivity contribution in [1.29, 1.82) is 5.26 Å². The van der Waals surface area contributed by atoms with Gasteiger partial charge in [0.25, 0.3) is 6.26 Å². The van der Waals surface area contributed by atoms with Gasteiger partial charge in [0, 0.05) is 14.4 Å². The lowest BCUT2D eigenvalue weighted by Gasteiger charge is -2.29. The molecular formula is C19H40IN3O6. The van der Waals surface area contributed by atoms with Crippen molar-refractivity contribution < 1.29 is 35.2 Å². The number of rotatable bonds is 15. The Hall–Kier alpha value is -1.16. The average Bonchev–Trinajstić information content (AvgIpc) is 2.56. The number of carboxylic acids is 1. The van der Waals surface area contributed by atoms with Gasteiger partial charge in [-0.3, -0.25) is 4.79 Å². The van der Waals surface area contributed by atoms with Crippen LogP contribution in [0.1, 0.15) is 40.0 Å². The van der Waals surface area contributed by atoms with Crippen LogP contribution < -0.4 is 5.11 Å². The lowest BCUT2D eigenvalue weighted by atomic mass is 10.1. The van der Waals surface area contributed by atoms with Gasteiger partial charge in [-0.2, -0.15) is 5.26 Å². The number of aliphatic hydroxyl groups is 1. The summed E-state index contributed by atoms with van der Waals surface area (Å²) in [6.45, 7) is 2.03. The van der Waals surface area contributed by atoms with Gasteiger partial charge < -0.3 is 33.9 Å². The zero-order valence-electron chi connectivity index (χ0n) is 18.2. The van der Waals surface area contributed by atoms with Crippen LogP contribution in [0, 0.1) is 11.5 Å². The molecule has 0 aliphatic rings. The van der Waals surface area contributed by atoms with Crippen molar-refractivity contribution in [2.45, 2.75) is 38.5 Å². The van der Waals surface area contributed by atoms with Gasteiger partial charge in [0.2, 0.25) is 0 Å². The number of nitriles is 1. The maximum Gasteiger partial charge on any atom is 0.305 e. The van der Waals surface area contributed by atoms with E-state index in [4.69, 9.17) is 15.1 Å². The second kappa shape index (κ2) is 21.5. The Labute approximate surface area is 193 Å². The molecule has 0 bridgehead atoms. The van der Waals surface area contributed by atoms with Crippen LogP contribution in [0.25, 0.3) is 0 Å². The van der Waals surface area contributed by atoms with Crippen LogP contribution in [0.4, 0.5) is 0 Å². The maximum atomic E-state index is 11.5. The Morgan fingerprint density at radius 2 is 1.72 bits per heavy atom. The van der Waals surface area contributed by atoms with Gasteiger partial charge in [-0.05, 0) is 26.9 Å². The van der Waals surface area contributed by atoms with E-state index >= 15 is 0 Å². The number of carbonyl (C=O) groups is 2. The van der Waals surface area contributed by atoms with Crippen LogP contribution in [-0.2, 0) is 19.1 Å². The lowest BCUT2D eigenvalue weighted by molar-refractivity contribution is -0.884. The quantitative estimate of drug-likeness (QED) is 0.107. The van der Waals surface area contributed by atoms with E-state index in [9.17, 15) is 14.7 Å². The normalized spacial score (nSPS) is 10.2. The first-order valence-electron chi connectivity index (χ1n) is 9.58. The third-order valence-corrected chi connectivity index (χ3v) is 3.76. The van der Waals surface area contributed by atoms with E-state index in [1.165, 1.54) is 0 Å². The molecular weight excluding hydrogens is 493 g/mol. The van der Waals surface area contributed by atoms with Crippen LogP contribution in [-0.4, -0.2) is 94.1 Å². The molecule has 174 valence electrons. The number of unbranched alkanes of at least 4 members (excludes halogenated alkanes) is 4. The predicted molar refractivity (Wildman–Crippen MR) is 120 cm³/mol. The predicted octanol–water partition coefficient (Wildman–Crippen LogP) is 0.598. The number of nitrogens with zero attached hydrogens (tertiary/aromatic N) is 3. The van der Waals surface area contributed by atoms with E-state index in [0.29, 0.717) is 19.6 Å². The summed E-state index contributed by atoms with van der Waals surface area (Å²) >= 11 is 0. The molecule has 0 rings (SSSR count). The largest absolute Gasteiger partial charge is 0.544 e. The molecule has 0 aliphatic carbocycles. The second-order valence-electron chi connectivity index (χ2n) is 7.39. The topological polar surface area (TPSA) is 123 Å². The highest BCUT2D eigenvalue weighted by atomic mass is 127. The van der Waals surface area contributed by atoms with Gasteiger partial charge in [-0.1, -0.05) is 19.3 Å². The number of ether oxygens (including phenoxy) is 2. The molecule has 10 heteroatoms. The Kier molecular flexibility index (Phi) is 24.1. The van der Waals surface area contributed by atoms with Crippen LogP contribution in [0.3, 0.4) is 0 Å². The number of halogens is 1. The number of esters is 1. The molecule has 0 unspecified atom stereocenters. The number of quaternary nitrogens is 1. The van der Waals surface area contributed by atoms with Crippen LogP contribution >= 0.6 is 24.0 Å². The smallest absolute Gasteiger partial charge is 0.305 e. The number of likely N-dealkylation sites (N-methyl/N-ethyl adjacent to an activating group) is 2. The molecule has 0 aliphatic heterocycles. The molecule has 9 nitrogen and oxygen atoms in total. The summed E-state index contributed by atoms with van der Waals surface area (Å²) in [4.78, 5) is 24.0. The minimum absolute atomic E-state index is 0. The molecule has 0 radical (unpaired) electrons. The zero-order chi connectivity index (χ0) is 21.8. The van der Waals surface area contributed by atoms with Crippen LogP contribution in [0.5, 0.6) is 0 Å². The van der Waals surface area contributed by atoms with E-state index < -0.39 is 5.97 Å². The second-order valence-corrected chi connectivity index (χ2v) is 7.39. The van der Waals surface area contributed by atoms with Crippen LogP contribution in [0.15, 0.2) is 0 Å². The molecule has 0 amide bonds. The summed E-state index contributed by atoms with van der Waals surface area (Å²) in [5, 5.41) is 26.9. The Morgan fingerprint density at radius 1 is 1.14 bits per heavy atom. The molecule has 0 saturated carbocycles. The van der Waals surface area contributed by atoms with Crippen molar-refractivity contribution in [2.24, 2.45) is 0 Å². The first-order valence-corrected chi connectivity index (χ1v) is 9.58. The minimum Gasteiger partial charge on any atom is -0.544 e. The van der Waals surface area contributed by atoms with Crippen molar-refractivity contribution in [2.75, 3.05) is 67.6 Å². The number of carbonyl (C=O) groups excluding carboxylic acids is 2. The van der Waals surface area contributed by atoms with Crippen molar-refractivity contribution in [3.8, 4) is 6.26 Å². The van der Waals surface area contributed by atoms with E-state index in [1.54, 1.807) is 20.4 Å².